The van der Waals surface area contributed by atoms with Crippen molar-refractivity contribution in [2.24, 2.45) is 0 Å². The Bertz CT molecular complexity index is 618. The largest absolute Gasteiger partial charge is 0.503 e. The van der Waals surface area contributed by atoms with Crippen molar-refractivity contribution in [3.8, 4) is 0 Å². The molecule has 27 heavy (non-hydrogen) atoms. The third-order valence-electron chi connectivity index (χ3n) is 4.46. The van der Waals surface area contributed by atoms with Crippen LogP contribution in [0, 0.1) is 13.8 Å². The number of halogens is 1. The zero-order valence-electron chi connectivity index (χ0n) is 19.7. The lowest BCUT2D eigenvalue weighted by atomic mass is 10.1. The summed E-state index contributed by atoms with van der Waals surface area (Å²) in [6, 6.07) is 6.74. The van der Waals surface area contributed by atoms with Crippen molar-refractivity contribution in [3.05, 3.63) is 29.3 Å². The number of hydrogen-bond donors (Lipinski definition) is 1. The summed E-state index contributed by atoms with van der Waals surface area (Å²) in [5, 5.41) is 0. The van der Waals surface area contributed by atoms with Crippen molar-refractivity contribution >= 4 is 31.1 Å². The molecule has 1 atom stereocenters. The lowest BCUT2D eigenvalue weighted by molar-refractivity contribution is 0.423. The minimum Gasteiger partial charge on any atom is -0.376 e. The SMILES string of the molecule is Cc1cc(C)cc(N([Si](C)(C)C)[Si](F)(NC(C)C)N(C(C)C)[Si](C)(C)C)c1. The van der Waals surface area contributed by atoms with Crippen LogP contribution in [0.3, 0.4) is 0 Å². The Hall–Kier alpha value is -0.479. The fourth-order valence-electron chi connectivity index (χ4n) is 4.25. The summed E-state index contributed by atoms with van der Waals surface area (Å²) < 4.78 is 22.0. The smallest absolute Gasteiger partial charge is 0.376 e. The van der Waals surface area contributed by atoms with Gasteiger partial charge in [0.2, 0.25) is 0 Å². The van der Waals surface area contributed by atoms with Crippen molar-refractivity contribution in [3.63, 3.8) is 0 Å². The van der Waals surface area contributed by atoms with Gasteiger partial charge in [0.1, 0.15) is 16.5 Å². The number of nitrogens with zero attached hydrogens (tertiary/aromatic N) is 2. The maximum Gasteiger partial charge on any atom is 0.503 e. The standard InChI is InChI=1S/C20H42FN3Si3/c1-16(2)22-27(21,23(17(3)4)25(7,8)9)24(26(10,11)12)20-14-18(5)13-19(6)15-20/h13-17,22H,1-12H3. The van der Waals surface area contributed by atoms with E-state index >= 15 is 4.11 Å². The molecule has 0 bridgehead atoms. The Morgan fingerprint density at radius 2 is 1.26 bits per heavy atom. The second-order valence-corrected chi connectivity index (χ2v) is 23.3. The number of nitrogens with one attached hydrogen (secondary N) is 1. The van der Waals surface area contributed by atoms with E-state index in [2.05, 4.69) is 112 Å². The molecule has 0 saturated carbocycles. The molecule has 0 spiro atoms. The summed E-state index contributed by atoms with van der Waals surface area (Å²) >= 11 is 0. The molecule has 0 aliphatic carbocycles. The van der Waals surface area contributed by atoms with Crippen LogP contribution in [0.4, 0.5) is 9.80 Å². The molecule has 0 aliphatic heterocycles. The summed E-state index contributed by atoms with van der Waals surface area (Å²) in [6.45, 7) is 26.2. The quantitative estimate of drug-likeness (QED) is 0.412. The topological polar surface area (TPSA) is 18.5 Å². The van der Waals surface area contributed by atoms with Crippen LogP contribution in [0.25, 0.3) is 0 Å². The molecule has 0 aromatic heterocycles. The molecule has 0 aliphatic rings. The van der Waals surface area contributed by atoms with Crippen LogP contribution in [-0.2, 0) is 0 Å². The van der Waals surface area contributed by atoms with E-state index in [0.717, 1.165) is 5.69 Å². The lowest BCUT2D eigenvalue weighted by Crippen LogP contribution is -2.82. The summed E-state index contributed by atoms with van der Waals surface area (Å²) in [6.07, 6.45) is 0. The molecule has 0 heterocycles. The molecule has 3 nitrogen and oxygen atoms in total. The molecule has 0 radical (unpaired) electrons. The first-order valence-electron chi connectivity index (χ1n) is 10.1. The fourth-order valence-corrected chi connectivity index (χ4v) is 17.5. The van der Waals surface area contributed by atoms with Gasteiger partial charge in [0, 0.05) is 5.69 Å². The monoisotopic (exact) mass is 427 g/mol. The van der Waals surface area contributed by atoms with E-state index < -0.39 is 25.4 Å². The minimum absolute atomic E-state index is 0.0871. The van der Waals surface area contributed by atoms with Crippen molar-refractivity contribution in [1.29, 1.82) is 0 Å². The van der Waals surface area contributed by atoms with E-state index in [0.29, 0.717) is 0 Å². The minimum atomic E-state index is -3.65. The van der Waals surface area contributed by atoms with Gasteiger partial charge in [-0.3, -0.25) is 9.21 Å². The predicted molar refractivity (Wildman–Crippen MR) is 127 cm³/mol. The molecular formula is C20H42FN3Si3. The molecule has 0 amide bonds. The van der Waals surface area contributed by atoms with E-state index in [9.17, 15) is 0 Å². The molecule has 1 N–H and O–H groups in total. The van der Waals surface area contributed by atoms with E-state index in [1.165, 1.54) is 11.1 Å². The maximum absolute atomic E-state index is 17.5. The highest BCUT2D eigenvalue weighted by Crippen LogP contribution is 2.35. The van der Waals surface area contributed by atoms with Crippen molar-refractivity contribution in [1.82, 2.24) is 9.21 Å². The van der Waals surface area contributed by atoms with Crippen molar-refractivity contribution in [2.75, 3.05) is 4.23 Å². The van der Waals surface area contributed by atoms with Crippen LogP contribution in [0.15, 0.2) is 18.2 Å². The molecule has 156 valence electrons. The van der Waals surface area contributed by atoms with Crippen molar-refractivity contribution in [2.45, 2.75) is 92.9 Å². The molecule has 1 unspecified atom stereocenters. The van der Waals surface area contributed by atoms with E-state index in [1.54, 1.807) is 0 Å². The molecule has 1 aromatic rings. The Morgan fingerprint density at radius 1 is 0.815 bits per heavy atom. The summed E-state index contributed by atoms with van der Waals surface area (Å²) in [4.78, 5) is 3.48. The van der Waals surface area contributed by atoms with Gasteiger partial charge < -0.3 is 4.23 Å². The van der Waals surface area contributed by atoms with Gasteiger partial charge in [-0.25, -0.2) is 4.11 Å². The Kier molecular flexibility index (Phi) is 7.72. The van der Waals surface area contributed by atoms with Crippen LogP contribution in [0.5, 0.6) is 0 Å². The predicted octanol–water partition coefficient (Wildman–Crippen LogP) is 5.89. The average Bonchev–Trinajstić information content (AvgIpc) is 2.30. The second kappa shape index (κ2) is 8.49. The normalized spacial score (nSPS) is 15.6. The molecular weight excluding hydrogens is 385 g/mol. The molecule has 0 fully saturated rings. The third-order valence-corrected chi connectivity index (χ3v) is 16.8. The number of anilines is 1. The number of hydrogen-bond acceptors (Lipinski definition) is 3. The van der Waals surface area contributed by atoms with Gasteiger partial charge in [0.15, 0.2) is 0 Å². The zero-order chi connectivity index (χ0) is 21.4. The van der Waals surface area contributed by atoms with E-state index in [-0.39, 0.29) is 12.1 Å². The highest BCUT2D eigenvalue weighted by atomic mass is 28.5. The van der Waals surface area contributed by atoms with Gasteiger partial charge in [-0.05, 0) is 49.2 Å². The first-order chi connectivity index (χ1) is 12.0. The van der Waals surface area contributed by atoms with Gasteiger partial charge in [0.25, 0.3) is 0 Å². The van der Waals surface area contributed by atoms with E-state index in [1.807, 2.05) is 0 Å². The van der Waals surface area contributed by atoms with Crippen LogP contribution >= 0.6 is 0 Å². The van der Waals surface area contributed by atoms with Crippen LogP contribution < -0.4 is 9.21 Å². The summed E-state index contributed by atoms with van der Waals surface area (Å²) in [5.74, 6) is 0. The molecule has 1 rings (SSSR count). The van der Waals surface area contributed by atoms with Gasteiger partial charge in [-0.2, -0.15) is 0 Å². The number of benzene rings is 1. The fraction of sp³-hybridized carbons (Fsp3) is 0.700. The van der Waals surface area contributed by atoms with Crippen molar-refractivity contribution < 1.29 is 4.11 Å². The number of rotatable bonds is 8. The second-order valence-electron chi connectivity index (χ2n) is 10.4. The summed E-state index contributed by atoms with van der Waals surface area (Å²) in [5.41, 5.74) is 3.43. The molecule has 7 heteroatoms. The van der Waals surface area contributed by atoms with Crippen LogP contribution in [-0.4, -0.2) is 41.7 Å². The van der Waals surface area contributed by atoms with Gasteiger partial charge in [-0.1, -0.05) is 73.0 Å². The van der Waals surface area contributed by atoms with Crippen LogP contribution in [0.2, 0.25) is 39.3 Å². The van der Waals surface area contributed by atoms with Gasteiger partial charge in [0.05, 0.1) is 0 Å². The summed E-state index contributed by atoms with van der Waals surface area (Å²) in [7, 11) is -7.59. The zero-order valence-corrected chi connectivity index (χ0v) is 22.7. The molecule has 1 aromatic carbocycles. The first kappa shape index (κ1) is 24.6. The van der Waals surface area contributed by atoms with Crippen LogP contribution in [0.1, 0.15) is 38.8 Å². The third kappa shape index (κ3) is 6.00. The number of aryl methyl sites for hydroxylation is 2. The molecule has 0 saturated heterocycles. The maximum atomic E-state index is 17.5. The Morgan fingerprint density at radius 3 is 1.56 bits per heavy atom. The Balaban J connectivity index is 3.81. The highest BCUT2D eigenvalue weighted by Gasteiger charge is 2.57. The Labute approximate surface area is 170 Å². The first-order valence-corrected chi connectivity index (χ1v) is 18.8. The average molecular weight is 428 g/mol. The van der Waals surface area contributed by atoms with E-state index in [4.69, 9.17) is 0 Å². The van der Waals surface area contributed by atoms with Gasteiger partial charge in [-0.15, -0.1) is 0 Å². The highest BCUT2D eigenvalue weighted by molar-refractivity contribution is 7.00. The lowest BCUT2D eigenvalue weighted by Gasteiger charge is -2.54. The van der Waals surface area contributed by atoms with Gasteiger partial charge >= 0.3 is 8.89 Å².